The van der Waals surface area contributed by atoms with E-state index < -0.39 is 53.7 Å². The third kappa shape index (κ3) is 4.88. The molecule has 1 saturated heterocycles. The van der Waals surface area contributed by atoms with Crippen LogP contribution in [0.1, 0.15) is 57.8 Å². The molecule has 29 heavy (non-hydrogen) atoms. The van der Waals surface area contributed by atoms with E-state index in [1.165, 1.54) is 6.08 Å². The molecule has 0 radical (unpaired) electrons. The van der Waals surface area contributed by atoms with Gasteiger partial charge in [-0.2, -0.15) is 0 Å². The average molecular weight is 411 g/mol. The summed E-state index contributed by atoms with van der Waals surface area (Å²) in [6.45, 7) is 0.260. The van der Waals surface area contributed by atoms with Crippen LogP contribution < -0.4 is 5.32 Å². The fourth-order valence-electron chi connectivity index (χ4n) is 4.65. The number of ether oxygens (including phenoxy) is 1. The molecule has 164 valence electrons. The number of nitrogens with one attached hydrogen (secondary N) is 1. The highest BCUT2D eigenvalue weighted by Gasteiger charge is 2.72. The minimum atomic E-state index is -1.76. The van der Waals surface area contributed by atoms with Crippen molar-refractivity contribution >= 4 is 11.7 Å². The van der Waals surface area contributed by atoms with Crippen LogP contribution in [0.5, 0.6) is 0 Å². The Morgan fingerprint density at radius 3 is 2.45 bits per heavy atom. The van der Waals surface area contributed by atoms with Crippen molar-refractivity contribution in [3.63, 3.8) is 0 Å². The third-order valence-corrected chi connectivity index (χ3v) is 6.37. The SMILES string of the molecule is O=C(C=CCCCCCCCCCO)N[C@H]1C[C@@]2(O)C(=O)[C@H]([C@@H](O)[C@@H]3O[C@@H]32)[C@@H]1O. The molecule has 3 rings (SSSR count). The van der Waals surface area contributed by atoms with Gasteiger partial charge < -0.3 is 30.5 Å². The summed E-state index contributed by atoms with van der Waals surface area (Å²) >= 11 is 0. The summed E-state index contributed by atoms with van der Waals surface area (Å²) in [6, 6.07) is -0.821. The van der Waals surface area contributed by atoms with E-state index in [2.05, 4.69) is 5.32 Å². The number of carbonyl (C=O) groups is 2. The van der Waals surface area contributed by atoms with Gasteiger partial charge in [0, 0.05) is 13.0 Å². The Kier molecular flexibility index (Phi) is 7.45. The molecule has 1 heterocycles. The molecule has 7 atom stereocenters. The number of carbonyl (C=O) groups excluding carboxylic acids is 2. The summed E-state index contributed by atoms with van der Waals surface area (Å²) in [5.41, 5.74) is -1.76. The lowest BCUT2D eigenvalue weighted by Crippen LogP contribution is -2.69. The first-order valence-corrected chi connectivity index (χ1v) is 10.8. The second-order valence-electron chi connectivity index (χ2n) is 8.53. The van der Waals surface area contributed by atoms with Crippen molar-refractivity contribution < 1.29 is 34.8 Å². The van der Waals surface area contributed by atoms with E-state index >= 15 is 0 Å². The van der Waals surface area contributed by atoms with E-state index in [9.17, 15) is 24.9 Å². The van der Waals surface area contributed by atoms with Crippen LogP contribution in [0.4, 0.5) is 0 Å². The van der Waals surface area contributed by atoms with Crippen LogP contribution >= 0.6 is 0 Å². The maximum atomic E-state index is 12.4. The van der Waals surface area contributed by atoms with Gasteiger partial charge in [-0.15, -0.1) is 0 Å². The Balaban J connectivity index is 1.38. The Morgan fingerprint density at radius 2 is 1.76 bits per heavy atom. The van der Waals surface area contributed by atoms with Crippen LogP contribution in [0.2, 0.25) is 0 Å². The van der Waals surface area contributed by atoms with Crippen molar-refractivity contribution in [3.8, 4) is 0 Å². The first-order valence-electron chi connectivity index (χ1n) is 10.8. The third-order valence-electron chi connectivity index (χ3n) is 6.37. The van der Waals surface area contributed by atoms with Crippen LogP contribution in [0.15, 0.2) is 12.2 Å². The van der Waals surface area contributed by atoms with Crippen molar-refractivity contribution in [2.75, 3.05) is 6.61 Å². The number of hydrogen-bond acceptors (Lipinski definition) is 7. The van der Waals surface area contributed by atoms with Gasteiger partial charge in [0.25, 0.3) is 0 Å². The molecule has 5 N–H and O–H groups in total. The molecule has 2 bridgehead atoms. The lowest BCUT2D eigenvalue weighted by Gasteiger charge is -2.46. The van der Waals surface area contributed by atoms with E-state index in [-0.39, 0.29) is 13.0 Å². The molecule has 1 amide bonds. The van der Waals surface area contributed by atoms with Crippen molar-refractivity contribution in [3.05, 3.63) is 12.2 Å². The van der Waals surface area contributed by atoms with Gasteiger partial charge in [-0.05, 0) is 25.3 Å². The number of Topliss-reactive ketones (excluding diaryl/α,β-unsaturated/α-hetero) is 1. The number of amides is 1. The molecule has 0 spiro atoms. The first kappa shape index (κ1) is 22.4. The van der Waals surface area contributed by atoms with Gasteiger partial charge in [0.05, 0.1) is 24.2 Å². The molecule has 3 aliphatic rings. The second kappa shape index (κ2) is 9.66. The van der Waals surface area contributed by atoms with Crippen molar-refractivity contribution in [2.45, 2.75) is 93.8 Å². The number of aliphatic hydroxyl groups excluding tert-OH is 3. The Bertz CT molecular complexity index is 624. The fourth-order valence-corrected chi connectivity index (χ4v) is 4.65. The van der Waals surface area contributed by atoms with Crippen LogP contribution in [-0.4, -0.2) is 74.8 Å². The molecule has 2 saturated carbocycles. The van der Waals surface area contributed by atoms with Gasteiger partial charge in [-0.3, -0.25) is 9.59 Å². The number of aliphatic hydroxyl groups is 4. The standard InChI is InChI=1S/C21H33NO7/c23-11-9-7-5-3-1-2-4-6-8-10-14(24)22-13-12-21(28)19(27)15(16(13)25)17(26)18-20(21)29-18/h8,10,13,15-18,20,23,25-26,28H,1-7,9,11-12H2,(H,22,24)/t13-,15-,16+,17+,18-,20-,21+/m0/s1. The van der Waals surface area contributed by atoms with E-state index in [0.29, 0.717) is 0 Å². The van der Waals surface area contributed by atoms with Gasteiger partial charge >= 0.3 is 0 Å². The normalized spacial score (nSPS) is 38.1. The molecular weight excluding hydrogens is 378 g/mol. The summed E-state index contributed by atoms with van der Waals surface area (Å²) in [4.78, 5) is 24.6. The highest BCUT2D eigenvalue weighted by Crippen LogP contribution is 2.50. The number of epoxide rings is 1. The predicted molar refractivity (Wildman–Crippen MR) is 104 cm³/mol. The molecule has 0 aromatic heterocycles. The summed E-state index contributed by atoms with van der Waals surface area (Å²) in [6.07, 6.45) is 7.49. The fraction of sp³-hybridized carbons (Fsp3) is 0.810. The summed E-state index contributed by atoms with van der Waals surface area (Å²) < 4.78 is 5.25. The van der Waals surface area contributed by atoms with Gasteiger partial charge in [-0.25, -0.2) is 0 Å². The largest absolute Gasteiger partial charge is 0.396 e. The minimum absolute atomic E-state index is 0.118. The van der Waals surface area contributed by atoms with Crippen molar-refractivity contribution in [1.29, 1.82) is 0 Å². The maximum Gasteiger partial charge on any atom is 0.243 e. The molecule has 8 nitrogen and oxygen atoms in total. The number of ketones is 1. The molecule has 0 aromatic carbocycles. The molecule has 1 aliphatic heterocycles. The lowest BCUT2D eigenvalue weighted by atomic mass is 9.64. The topological polar surface area (TPSA) is 140 Å². The number of hydrogen-bond donors (Lipinski definition) is 5. The highest BCUT2D eigenvalue weighted by atomic mass is 16.6. The van der Waals surface area contributed by atoms with E-state index in [1.54, 1.807) is 6.08 Å². The Morgan fingerprint density at radius 1 is 1.10 bits per heavy atom. The van der Waals surface area contributed by atoms with Crippen LogP contribution in [0, 0.1) is 5.92 Å². The summed E-state index contributed by atoms with van der Waals surface area (Å²) in [5, 5.41) is 42.7. The molecule has 3 fully saturated rings. The molecule has 0 aromatic rings. The number of rotatable bonds is 11. The number of fused-ring (bicyclic) bond motifs is 4. The lowest BCUT2D eigenvalue weighted by molar-refractivity contribution is -0.171. The number of unbranched alkanes of at least 4 members (excludes halogenated alkanes) is 7. The smallest absolute Gasteiger partial charge is 0.243 e. The Labute approximate surface area is 170 Å². The van der Waals surface area contributed by atoms with Gasteiger partial charge in [0.2, 0.25) is 5.91 Å². The number of allylic oxidation sites excluding steroid dienone is 1. The zero-order chi connectivity index (χ0) is 21.0. The van der Waals surface area contributed by atoms with E-state index in [0.717, 1.165) is 51.4 Å². The van der Waals surface area contributed by atoms with E-state index in [4.69, 9.17) is 9.84 Å². The van der Waals surface area contributed by atoms with Gasteiger partial charge in [0.1, 0.15) is 12.2 Å². The van der Waals surface area contributed by atoms with Gasteiger partial charge in [0.15, 0.2) is 11.4 Å². The Hall–Kier alpha value is -1.32. The molecule has 2 aliphatic carbocycles. The van der Waals surface area contributed by atoms with Crippen molar-refractivity contribution in [2.24, 2.45) is 5.92 Å². The van der Waals surface area contributed by atoms with E-state index in [1.807, 2.05) is 0 Å². The minimum Gasteiger partial charge on any atom is -0.396 e. The summed E-state index contributed by atoms with van der Waals surface area (Å²) in [7, 11) is 0. The summed E-state index contributed by atoms with van der Waals surface area (Å²) in [5.74, 6) is -2.14. The zero-order valence-electron chi connectivity index (χ0n) is 16.7. The van der Waals surface area contributed by atoms with Crippen molar-refractivity contribution in [1.82, 2.24) is 5.32 Å². The first-order chi connectivity index (χ1) is 13.9. The zero-order valence-corrected chi connectivity index (χ0v) is 16.7. The van der Waals surface area contributed by atoms with Crippen LogP contribution in [-0.2, 0) is 14.3 Å². The molecular formula is C21H33NO7. The van der Waals surface area contributed by atoms with Crippen LogP contribution in [0.25, 0.3) is 0 Å². The highest BCUT2D eigenvalue weighted by molar-refractivity contribution is 5.94. The van der Waals surface area contributed by atoms with Crippen LogP contribution in [0.3, 0.4) is 0 Å². The van der Waals surface area contributed by atoms with Gasteiger partial charge in [-0.1, -0.05) is 38.2 Å². The molecule has 0 unspecified atom stereocenters. The molecule has 8 heteroatoms. The second-order valence-corrected chi connectivity index (χ2v) is 8.53. The quantitative estimate of drug-likeness (QED) is 0.183. The maximum absolute atomic E-state index is 12.4. The monoisotopic (exact) mass is 411 g/mol. The predicted octanol–water partition coefficient (Wildman–Crippen LogP) is -0.0366. The average Bonchev–Trinajstić information content (AvgIpc) is 3.49.